The van der Waals surface area contributed by atoms with E-state index in [0.717, 1.165) is 51.6 Å². The molecule has 6 nitrogen and oxygen atoms in total. The maximum Gasteiger partial charge on any atom is 0.407 e. The zero-order valence-corrected chi connectivity index (χ0v) is 22.2. The number of rotatable bonds is 11. The Bertz CT molecular complexity index is 771. The number of unbranched alkanes of at least 4 members (excludes halogenated alkanes) is 1. The maximum absolute atomic E-state index is 13.0. The molecule has 2 fully saturated rings. The molecule has 2 amide bonds. The topological polar surface area (TPSA) is 70.7 Å². The van der Waals surface area contributed by atoms with E-state index in [9.17, 15) is 9.59 Å². The summed E-state index contributed by atoms with van der Waals surface area (Å²) in [5.41, 5.74) is 0.832. The number of carbonyl (C=O) groups excluding carboxylic acids is 2. The Hall–Kier alpha value is -2.08. The van der Waals surface area contributed by atoms with Crippen LogP contribution in [0.2, 0.25) is 0 Å². The predicted molar refractivity (Wildman–Crippen MR) is 141 cm³/mol. The van der Waals surface area contributed by atoms with Crippen LogP contribution >= 0.6 is 0 Å². The van der Waals surface area contributed by atoms with Crippen LogP contribution in [0.15, 0.2) is 30.3 Å². The summed E-state index contributed by atoms with van der Waals surface area (Å²) in [6, 6.07) is 10.4. The lowest BCUT2D eigenvalue weighted by molar-refractivity contribution is -0.125. The number of nitrogens with zero attached hydrogens (tertiary/aromatic N) is 1. The van der Waals surface area contributed by atoms with E-state index in [4.69, 9.17) is 4.74 Å². The summed E-state index contributed by atoms with van der Waals surface area (Å²) < 4.78 is 5.56. The van der Waals surface area contributed by atoms with Gasteiger partial charge in [-0.3, -0.25) is 9.69 Å². The van der Waals surface area contributed by atoms with E-state index in [1.165, 1.54) is 37.7 Å². The fraction of sp³-hybridized carbons (Fsp3) is 0.724. The molecule has 1 heterocycles. The van der Waals surface area contributed by atoms with E-state index >= 15 is 0 Å². The Morgan fingerprint density at radius 2 is 1.77 bits per heavy atom. The second-order valence-electron chi connectivity index (χ2n) is 11.5. The Morgan fingerprint density at radius 1 is 1.03 bits per heavy atom. The molecule has 0 unspecified atom stereocenters. The van der Waals surface area contributed by atoms with Crippen LogP contribution in [0.25, 0.3) is 0 Å². The minimum atomic E-state index is -0.518. The molecule has 2 atom stereocenters. The Kier molecular flexibility index (Phi) is 10.9. The van der Waals surface area contributed by atoms with Crippen molar-refractivity contribution in [1.82, 2.24) is 15.5 Å². The van der Waals surface area contributed by atoms with E-state index < -0.39 is 5.60 Å². The van der Waals surface area contributed by atoms with E-state index in [2.05, 4.69) is 39.8 Å². The highest BCUT2D eigenvalue weighted by Gasteiger charge is 2.33. The fourth-order valence-corrected chi connectivity index (χ4v) is 5.53. The molecule has 1 aromatic rings. The fourth-order valence-electron chi connectivity index (χ4n) is 5.53. The van der Waals surface area contributed by atoms with Crippen molar-refractivity contribution in [3.63, 3.8) is 0 Å². The summed E-state index contributed by atoms with van der Waals surface area (Å²) >= 11 is 0. The van der Waals surface area contributed by atoms with Gasteiger partial charge in [0.25, 0.3) is 0 Å². The average Bonchev–Trinajstić information content (AvgIpc) is 3.27. The van der Waals surface area contributed by atoms with Gasteiger partial charge in [0, 0.05) is 19.1 Å². The molecule has 1 aromatic carbocycles. The van der Waals surface area contributed by atoms with Gasteiger partial charge in [0.1, 0.15) is 5.60 Å². The number of amides is 2. The van der Waals surface area contributed by atoms with Gasteiger partial charge in [-0.15, -0.1) is 0 Å². The third kappa shape index (κ3) is 10.2. The lowest BCUT2D eigenvalue weighted by atomic mass is 9.84. The van der Waals surface area contributed by atoms with Crippen molar-refractivity contribution in [2.75, 3.05) is 19.6 Å². The molecule has 1 aliphatic heterocycles. The molecule has 3 rings (SSSR count). The van der Waals surface area contributed by atoms with Crippen molar-refractivity contribution < 1.29 is 14.3 Å². The zero-order valence-electron chi connectivity index (χ0n) is 22.2. The smallest absolute Gasteiger partial charge is 0.407 e. The standard InChI is InChI=1S/C29H47N3O3/c1-29(2,3)35-28(34)31-25(21-24-16-8-5-9-17-24)22-32-20-12-18-26(32)27(33)30-19-11-10-15-23-13-6-4-7-14-23/h4,6-7,13-14,24-26H,5,8-12,15-22H2,1-3H3,(H,30,33)(H,31,34)/t25-,26+/m1/s1. The number of aryl methyl sites for hydroxylation is 1. The molecule has 1 saturated heterocycles. The minimum absolute atomic E-state index is 0.00669. The first kappa shape index (κ1) is 27.5. The largest absolute Gasteiger partial charge is 0.444 e. The van der Waals surface area contributed by atoms with Crippen LogP contribution in [-0.2, 0) is 16.0 Å². The predicted octanol–water partition coefficient (Wildman–Crippen LogP) is 5.45. The summed E-state index contributed by atoms with van der Waals surface area (Å²) in [5, 5.41) is 6.32. The van der Waals surface area contributed by atoms with Gasteiger partial charge < -0.3 is 15.4 Å². The molecule has 196 valence electrons. The third-order valence-corrected chi connectivity index (χ3v) is 7.22. The van der Waals surface area contributed by atoms with Crippen LogP contribution in [0.5, 0.6) is 0 Å². The molecular weight excluding hydrogens is 438 g/mol. The molecule has 35 heavy (non-hydrogen) atoms. The molecule has 1 aliphatic carbocycles. The molecular formula is C29H47N3O3. The third-order valence-electron chi connectivity index (χ3n) is 7.22. The van der Waals surface area contributed by atoms with Gasteiger partial charge in [0.2, 0.25) is 5.91 Å². The van der Waals surface area contributed by atoms with Gasteiger partial charge in [0.15, 0.2) is 0 Å². The molecule has 0 bridgehead atoms. The van der Waals surface area contributed by atoms with Crippen LogP contribution in [0.4, 0.5) is 4.79 Å². The highest BCUT2D eigenvalue weighted by atomic mass is 16.6. The summed E-state index contributed by atoms with van der Waals surface area (Å²) in [6.07, 6.45) is 12.0. The molecule has 1 saturated carbocycles. The van der Waals surface area contributed by atoms with Crippen LogP contribution in [0.3, 0.4) is 0 Å². The Morgan fingerprint density at radius 3 is 2.49 bits per heavy atom. The van der Waals surface area contributed by atoms with Gasteiger partial charge in [0.05, 0.1) is 6.04 Å². The summed E-state index contributed by atoms with van der Waals surface area (Å²) in [6.45, 7) is 8.01. The number of hydrogen-bond donors (Lipinski definition) is 2. The number of likely N-dealkylation sites (tertiary alicyclic amines) is 1. The molecule has 0 spiro atoms. The number of carbonyl (C=O) groups is 2. The highest BCUT2D eigenvalue weighted by Crippen LogP contribution is 2.28. The molecule has 2 N–H and O–H groups in total. The zero-order chi connectivity index (χ0) is 25.1. The van der Waals surface area contributed by atoms with Gasteiger partial charge in [-0.1, -0.05) is 62.4 Å². The van der Waals surface area contributed by atoms with Crippen molar-refractivity contribution in [2.24, 2.45) is 5.92 Å². The van der Waals surface area contributed by atoms with E-state index in [1.807, 2.05) is 26.8 Å². The monoisotopic (exact) mass is 485 g/mol. The molecule has 0 aromatic heterocycles. The molecule has 2 aliphatic rings. The average molecular weight is 486 g/mol. The number of alkyl carbamates (subject to hydrolysis) is 1. The Labute approximate surface area is 212 Å². The normalized spacial score (nSPS) is 20.4. The maximum atomic E-state index is 13.0. The summed E-state index contributed by atoms with van der Waals surface area (Å²) in [5.74, 6) is 0.777. The first-order chi connectivity index (χ1) is 16.8. The van der Waals surface area contributed by atoms with Crippen LogP contribution < -0.4 is 10.6 Å². The van der Waals surface area contributed by atoms with Gasteiger partial charge in [-0.2, -0.15) is 0 Å². The van der Waals surface area contributed by atoms with E-state index in [1.54, 1.807) is 0 Å². The van der Waals surface area contributed by atoms with E-state index in [0.29, 0.717) is 12.5 Å². The second-order valence-corrected chi connectivity index (χ2v) is 11.5. The molecule has 6 heteroatoms. The van der Waals surface area contributed by atoms with Crippen molar-refractivity contribution in [3.8, 4) is 0 Å². The number of ether oxygens (including phenoxy) is 1. The van der Waals surface area contributed by atoms with E-state index in [-0.39, 0.29) is 24.1 Å². The minimum Gasteiger partial charge on any atom is -0.444 e. The van der Waals surface area contributed by atoms with Crippen LogP contribution in [0.1, 0.15) is 90.5 Å². The summed E-state index contributed by atoms with van der Waals surface area (Å²) in [4.78, 5) is 27.9. The summed E-state index contributed by atoms with van der Waals surface area (Å²) in [7, 11) is 0. The SMILES string of the molecule is CC(C)(C)OC(=O)N[C@H](CC1CCCCC1)CN1CCC[C@H]1C(=O)NCCCCc1ccccc1. The lowest BCUT2D eigenvalue weighted by Crippen LogP contribution is -2.51. The number of benzene rings is 1. The van der Waals surface area contributed by atoms with Crippen molar-refractivity contribution in [1.29, 1.82) is 0 Å². The van der Waals surface area contributed by atoms with Crippen molar-refractivity contribution in [3.05, 3.63) is 35.9 Å². The van der Waals surface area contributed by atoms with Crippen molar-refractivity contribution >= 4 is 12.0 Å². The first-order valence-electron chi connectivity index (χ1n) is 13.9. The highest BCUT2D eigenvalue weighted by molar-refractivity contribution is 5.82. The first-order valence-corrected chi connectivity index (χ1v) is 13.9. The van der Waals surface area contributed by atoms with Crippen LogP contribution in [0, 0.1) is 5.92 Å². The van der Waals surface area contributed by atoms with Gasteiger partial charge >= 0.3 is 6.09 Å². The van der Waals surface area contributed by atoms with Crippen molar-refractivity contribution in [2.45, 2.75) is 109 Å². The van der Waals surface area contributed by atoms with Crippen LogP contribution in [-0.4, -0.2) is 54.2 Å². The number of hydrogen-bond acceptors (Lipinski definition) is 4. The second kappa shape index (κ2) is 13.9. The quantitative estimate of drug-likeness (QED) is 0.409. The lowest BCUT2D eigenvalue weighted by Gasteiger charge is -2.32. The van der Waals surface area contributed by atoms with Gasteiger partial charge in [-0.25, -0.2) is 4.79 Å². The molecule has 0 radical (unpaired) electrons. The Balaban J connectivity index is 1.48. The number of nitrogens with one attached hydrogen (secondary N) is 2. The van der Waals surface area contributed by atoms with Gasteiger partial charge in [-0.05, 0) is 77.3 Å².